The lowest BCUT2D eigenvalue weighted by atomic mass is 10.1. The van der Waals surface area contributed by atoms with Gasteiger partial charge in [-0.15, -0.1) is 20.4 Å². The third-order valence-corrected chi connectivity index (χ3v) is 6.07. The summed E-state index contributed by atoms with van der Waals surface area (Å²) in [5.41, 5.74) is 4.92. The van der Waals surface area contributed by atoms with Crippen LogP contribution in [0.2, 0.25) is 0 Å². The number of aromatic amines is 1. The molecule has 2 N–H and O–H groups in total. The van der Waals surface area contributed by atoms with Crippen LogP contribution in [0.3, 0.4) is 0 Å². The molecule has 0 bridgehead atoms. The molecule has 0 spiro atoms. The lowest BCUT2D eigenvalue weighted by Crippen LogP contribution is -2.37. The van der Waals surface area contributed by atoms with Gasteiger partial charge in [0.2, 0.25) is 11.8 Å². The van der Waals surface area contributed by atoms with E-state index in [1.54, 1.807) is 11.0 Å². The predicted molar refractivity (Wildman–Crippen MR) is 116 cm³/mol. The maximum Gasteiger partial charge on any atom is 0.268 e. The van der Waals surface area contributed by atoms with Crippen molar-refractivity contribution in [2.24, 2.45) is 0 Å². The largest absolute Gasteiger partial charge is 0.419 e. The monoisotopic (exact) mass is 443 g/mol. The van der Waals surface area contributed by atoms with Crippen LogP contribution in [0.4, 0.5) is 5.82 Å². The molecule has 4 heterocycles. The fraction of sp³-hybridized carbons (Fsp3) is 0.318. The number of hydrogen-bond donors (Lipinski definition) is 2. The molecule has 1 aromatic carbocycles. The average molecular weight is 443 g/mol. The highest BCUT2D eigenvalue weighted by atomic mass is 16.4. The maximum absolute atomic E-state index is 12.6. The summed E-state index contributed by atoms with van der Waals surface area (Å²) in [6.45, 7) is 1.02. The van der Waals surface area contributed by atoms with Crippen molar-refractivity contribution in [1.82, 2.24) is 40.7 Å². The summed E-state index contributed by atoms with van der Waals surface area (Å²) >= 11 is 0. The number of rotatable bonds is 5. The van der Waals surface area contributed by atoms with E-state index in [-0.39, 0.29) is 24.1 Å². The van der Waals surface area contributed by atoms with Gasteiger partial charge in [-0.1, -0.05) is 24.3 Å². The number of nitrogens with one attached hydrogen (secondary N) is 2. The normalized spacial score (nSPS) is 15.3. The Morgan fingerprint density at radius 1 is 1.03 bits per heavy atom. The van der Waals surface area contributed by atoms with Crippen molar-refractivity contribution in [2.75, 3.05) is 11.9 Å². The van der Waals surface area contributed by atoms with Crippen LogP contribution >= 0.6 is 0 Å². The first-order valence-corrected chi connectivity index (χ1v) is 10.9. The zero-order valence-electron chi connectivity index (χ0n) is 17.7. The molecule has 0 unspecified atom stereocenters. The molecule has 11 nitrogen and oxygen atoms in total. The Bertz CT molecular complexity index is 1270. The van der Waals surface area contributed by atoms with Gasteiger partial charge in [0.05, 0.1) is 12.2 Å². The zero-order chi connectivity index (χ0) is 22.2. The number of hydrogen-bond acceptors (Lipinski definition) is 9. The van der Waals surface area contributed by atoms with Gasteiger partial charge in [-0.2, -0.15) is 15.4 Å². The van der Waals surface area contributed by atoms with Gasteiger partial charge in [0.25, 0.3) is 5.89 Å². The molecule has 4 aromatic rings. The highest BCUT2D eigenvalue weighted by Gasteiger charge is 2.25. The number of benzene rings is 1. The van der Waals surface area contributed by atoms with Crippen molar-refractivity contribution in [3.05, 3.63) is 64.8 Å². The quantitative estimate of drug-likeness (QED) is 0.468. The SMILES string of the molecule is O=C(Cc1nnc(-c2ccc(NC3Cc4ccccc4C3)nn2)o1)N1CCc2n[nH]nc2C1. The minimum Gasteiger partial charge on any atom is -0.419 e. The molecular formula is C22H21N9O2. The fourth-order valence-corrected chi connectivity index (χ4v) is 4.38. The van der Waals surface area contributed by atoms with Crippen LogP contribution < -0.4 is 5.32 Å². The first-order chi connectivity index (χ1) is 16.2. The van der Waals surface area contributed by atoms with E-state index in [0.717, 1.165) is 24.2 Å². The number of aromatic nitrogens is 7. The molecule has 1 aliphatic carbocycles. The summed E-state index contributed by atoms with van der Waals surface area (Å²) in [5, 5.41) is 30.7. The number of H-pyrrole nitrogens is 1. The summed E-state index contributed by atoms with van der Waals surface area (Å²) in [6, 6.07) is 12.4. The number of amides is 1. The van der Waals surface area contributed by atoms with Gasteiger partial charge in [0.15, 0.2) is 0 Å². The number of nitrogens with zero attached hydrogens (tertiary/aromatic N) is 7. The summed E-state index contributed by atoms with van der Waals surface area (Å²) in [5.74, 6) is 1.09. The van der Waals surface area contributed by atoms with Crippen LogP contribution in [0.5, 0.6) is 0 Å². The second kappa shape index (κ2) is 8.08. The highest BCUT2D eigenvalue weighted by Crippen LogP contribution is 2.24. The first kappa shape index (κ1) is 19.5. The molecule has 1 amide bonds. The van der Waals surface area contributed by atoms with Gasteiger partial charge in [0.1, 0.15) is 23.6 Å². The van der Waals surface area contributed by atoms with Gasteiger partial charge in [-0.3, -0.25) is 4.79 Å². The van der Waals surface area contributed by atoms with Crippen LogP contribution in [0, 0.1) is 0 Å². The Labute approximate surface area is 188 Å². The summed E-state index contributed by atoms with van der Waals surface area (Å²) in [6.07, 6.45) is 2.64. The van der Waals surface area contributed by atoms with Crippen LogP contribution in [0.15, 0.2) is 40.8 Å². The Hall–Kier alpha value is -4.15. The Balaban J connectivity index is 1.07. The topological polar surface area (TPSA) is 139 Å². The van der Waals surface area contributed by atoms with E-state index in [4.69, 9.17) is 4.42 Å². The average Bonchev–Trinajstić information content (AvgIpc) is 3.58. The molecular weight excluding hydrogens is 422 g/mol. The molecule has 0 atom stereocenters. The number of carbonyl (C=O) groups is 1. The van der Waals surface area contributed by atoms with Crippen molar-refractivity contribution in [3.8, 4) is 11.6 Å². The minimum absolute atomic E-state index is 0.0233. The van der Waals surface area contributed by atoms with E-state index in [9.17, 15) is 4.79 Å². The molecule has 11 heteroatoms. The maximum atomic E-state index is 12.6. The van der Waals surface area contributed by atoms with Crippen LogP contribution in [0.1, 0.15) is 28.4 Å². The summed E-state index contributed by atoms with van der Waals surface area (Å²) in [7, 11) is 0. The predicted octanol–water partition coefficient (Wildman–Crippen LogP) is 1.35. The molecule has 33 heavy (non-hydrogen) atoms. The van der Waals surface area contributed by atoms with Gasteiger partial charge < -0.3 is 14.6 Å². The standard InChI is InChI=1S/C22H21N9O2/c32-21(31-8-7-16-18(12-31)26-30-25-16)11-20-28-29-22(33-20)17-5-6-19(27-24-17)23-15-9-13-3-1-2-4-14(13)10-15/h1-6,15H,7-12H2,(H,23,27)(H,25,26,30). The van der Waals surface area contributed by atoms with Gasteiger partial charge in [0, 0.05) is 19.0 Å². The van der Waals surface area contributed by atoms with E-state index in [1.165, 1.54) is 11.1 Å². The molecule has 1 aliphatic heterocycles. The highest BCUT2D eigenvalue weighted by molar-refractivity contribution is 5.78. The van der Waals surface area contributed by atoms with Gasteiger partial charge in [-0.05, 0) is 36.1 Å². The second-order valence-corrected chi connectivity index (χ2v) is 8.28. The van der Waals surface area contributed by atoms with E-state index >= 15 is 0 Å². The molecule has 0 radical (unpaired) electrons. The molecule has 0 fully saturated rings. The van der Waals surface area contributed by atoms with Gasteiger partial charge in [-0.25, -0.2) is 0 Å². The molecule has 0 saturated carbocycles. The Kier molecular flexibility index (Phi) is 4.78. The zero-order valence-corrected chi connectivity index (χ0v) is 17.7. The fourth-order valence-electron chi connectivity index (χ4n) is 4.38. The molecule has 166 valence electrons. The number of carbonyl (C=O) groups excluding carboxylic acids is 1. The summed E-state index contributed by atoms with van der Waals surface area (Å²) in [4.78, 5) is 14.4. The van der Waals surface area contributed by atoms with Crippen molar-refractivity contribution in [2.45, 2.75) is 38.3 Å². The minimum atomic E-state index is -0.0953. The smallest absolute Gasteiger partial charge is 0.268 e. The number of fused-ring (bicyclic) bond motifs is 2. The van der Waals surface area contributed by atoms with E-state index in [1.807, 2.05) is 6.07 Å². The van der Waals surface area contributed by atoms with Crippen LogP contribution in [-0.4, -0.2) is 59.2 Å². The van der Waals surface area contributed by atoms with E-state index in [2.05, 4.69) is 65.4 Å². The third-order valence-electron chi connectivity index (χ3n) is 6.07. The molecule has 6 rings (SSSR count). The Morgan fingerprint density at radius 3 is 2.64 bits per heavy atom. The van der Waals surface area contributed by atoms with E-state index in [0.29, 0.717) is 37.1 Å². The first-order valence-electron chi connectivity index (χ1n) is 10.9. The summed E-state index contributed by atoms with van der Waals surface area (Å²) < 4.78 is 5.67. The van der Waals surface area contributed by atoms with Crippen molar-refractivity contribution in [3.63, 3.8) is 0 Å². The van der Waals surface area contributed by atoms with Crippen LogP contribution in [0.25, 0.3) is 11.6 Å². The second-order valence-electron chi connectivity index (χ2n) is 8.28. The Morgan fingerprint density at radius 2 is 1.85 bits per heavy atom. The lowest BCUT2D eigenvalue weighted by Gasteiger charge is -2.24. The van der Waals surface area contributed by atoms with E-state index < -0.39 is 0 Å². The van der Waals surface area contributed by atoms with Crippen LogP contribution in [-0.2, 0) is 37.0 Å². The lowest BCUT2D eigenvalue weighted by molar-refractivity contribution is -0.131. The molecule has 2 aliphatic rings. The van der Waals surface area contributed by atoms with Crippen molar-refractivity contribution < 1.29 is 9.21 Å². The third kappa shape index (κ3) is 3.93. The van der Waals surface area contributed by atoms with Crippen molar-refractivity contribution >= 4 is 11.7 Å². The molecule has 0 saturated heterocycles. The molecule has 3 aromatic heterocycles. The van der Waals surface area contributed by atoms with Crippen molar-refractivity contribution in [1.29, 1.82) is 0 Å². The van der Waals surface area contributed by atoms with Gasteiger partial charge >= 0.3 is 0 Å². The number of anilines is 1.